The summed E-state index contributed by atoms with van der Waals surface area (Å²) in [6.45, 7) is 0. The molecular formula is C10H6N3. The molecule has 0 fully saturated rings. The number of rotatable bonds is 1. The highest BCUT2D eigenvalue weighted by molar-refractivity contribution is 5.96. The van der Waals surface area contributed by atoms with Crippen LogP contribution in [0.1, 0.15) is 0 Å². The first-order valence-electron chi connectivity index (χ1n) is 4.05. The van der Waals surface area contributed by atoms with Crippen LogP contribution in [0.25, 0.3) is 0 Å². The van der Waals surface area contributed by atoms with Gasteiger partial charge in [0.05, 0.1) is 5.69 Å². The zero-order valence-electron chi connectivity index (χ0n) is 6.81. The zero-order valence-corrected chi connectivity index (χ0v) is 6.81. The van der Waals surface area contributed by atoms with Crippen molar-refractivity contribution in [1.82, 2.24) is 9.97 Å². The van der Waals surface area contributed by atoms with Crippen LogP contribution in [-0.4, -0.2) is 9.97 Å². The molecule has 3 nitrogen and oxygen atoms in total. The maximum absolute atomic E-state index is 4.20. The van der Waals surface area contributed by atoms with E-state index in [1.165, 1.54) is 0 Å². The van der Waals surface area contributed by atoms with E-state index in [9.17, 15) is 0 Å². The molecule has 0 atom stereocenters. The second-order valence-electron chi connectivity index (χ2n) is 2.79. The topological polar surface area (TPSA) is 28.8 Å². The lowest BCUT2D eigenvalue weighted by atomic mass is 10.4. The van der Waals surface area contributed by atoms with Gasteiger partial charge in [-0.15, -0.1) is 0 Å². The summed E-state index contributed by atoms with van der Waals surface area (Å²) in [5.41, 5.74) is 1.12. The van der Waals surface area contributed by atoms with Gasteiger partial charge < -0.3 is 0 Å². The number of fused-ring (bicyclic) bond motifs is 1. The van der Waals surface area contributed by atoms with Crippen molar-refractivity contribution >= 4 is 17.3 Å². The number of hydrogen-bond acceptors (Lipinski definition) is 3. The largest absolute Gasteiger partial charge is 0.273 e. The van der Waals surface area contributed by atoms with Gasteiger partial charge in [0, 0.05) is 18.5 Å². The van der Waals surface area contributed by atoms with Gasteiger partial charge in [-0.2, -0.15) is 0 Å². The predicted molar refractivity (Wildman–Crippen MR) is 49.1 cm³/mol. The van der Waals surface area contributed by atoms with Crippen LogP contribution < -0.4 is 4.90 Å². The molecule has 0 bridgehead atoms. The standard InChI is InChI=1S/C10H6N3/c1-2-6-11-9(5-1)13-8-4-3-7-12-10(8)13/h1-4,6-7H. The molecule has 1 radical (unpaired) electrons. The minimum Gasteiger partial charge on any atom is -0.273 e. The van der Waals surface area contributed by atoms with E-state index in [2.05, 4.69) is 16.0 Å². The van der Waals surface area contributed by atoms with E-state index in [0.717, 1.165) is 17.3 Å². The minimum absolute atomic E-state index is 0.816. The highest BCUT2D eigenvalue weighted by atomic mass is 15.4. The molecule has 2 aromatic rings. The molecular weight excluding hydrogens is 162 g/mol. The Labute approximate surface area is 75.7 Å². The summed E-state index contributed by atoms with van der Waals surface area (Å²) in [7, 11) is 0. The Balaban J connectivity index is 2.02. The lowest BCUT2D eigenvalue weighted by Crippen LogP contribution is -1.91. The van der Waals surface area contributed by atoms with Crippen molar-refractivity contribution in [3.63, 3.8) is 0 Å². The Morgan fingerprint density at radius 1 is 1.15 bits per heavy atom. The van der Waals surface area contributed by atoms with Crippen LogP contribution in [-0.2, 0) is 0 Å². The molecule has 61 valence electrons. The quantitative estimate of drug-likeness (QED) is 0.521. The third-order valence-corrected chi connectivity index (χ3v) is 1.97. The molecule has 1 aliphatic heterocycles. The molecule has 0 saturated carbocycles. The summed E-state index contributed by atoms with van der Waals surface area (Å²) < 4.78 is 0. The van der Waals surface area contributed by atoms with Crippen molar-refractivity contribution in [3.05, 3.63) is 42.7 Å². The normalized spacial score (nSPS) is 12.5. The van der Waals surface area contributed by atoms with Gasteiger partial charge in [-0.25, -0.2) is 9.97 Å². The van der Waals surface area contributed by atoms with Gasteiger partial charge in [0.1, 0.15) is 5.82 Å². The number of pyridine rings is 2. The van der Waals surface area contributed by atoms with Crippen molar-refractivity contribution in [1.29, 1.82) is 0 Å². The highest BCUT2D eigenvalue weighted by Gasteiger charge is 2.32. The van der Waals surface area contributed by atoms with Crippen molar-refractivity contribution < 1.29 is 0 Å². The van der Waals surface area contributed by atoms with E-state index < -0.39 is 0 Å². The van der Waals surface area contributed by atoms with Gasteiger partial charge >= 0.3 is 0 Å². The molecule has 0 aromatic carbocycles. The van der Waals surface area contributed by atoms with Gasteiger partial charge in [-0.3, -0.25) is 4.90 Å². The maximum Gasteiger partial charge on any atom is 0.163 e. The molecule has 2 aromatic heterocycles. The first-order valence-corrected chi connectivity index (χ1v) is 4.05. The van der Waals surface area contributed by atoms with Crippen LogP contribution in [0.3, 0.4) is 0 Å². The van der Waals surface area contributed by atoms with Crippen molar-refractivity contribution in [2.45, 2.75) is 0 Å². The molecule has 0 N–H and O–H groups in total. The van der Waals surface area contributed by atoms with Crippen LogP contribution in [0.4, 0.5) is 17.3 Å². The lowest BCUT2D eigenvalue weighted by molar-refractivity contribution is 1.24. The van der Waals surface area contributed by atoms with Gasteiger partial charge in [0.2, 0.25) is 0 Å². The van der Waals surface area contributed by atoms with Crippen molar-refractivity contribution in [3.8, 4) is 0 Å². The van der Waals surface area contributed by atoms with E-state index in [-0.39, 0.29) is 0 Å². The Morgan fingerprint density at radius 3 is 2.77 bits per heavy atom. The van der Waals surface area contributed by atoms with Crippen LogP contribution in [0.2, 0.25) is 0 Å². The molecule has 3 rings (SSSR count). The Hall–Kier alpha value is -1.90. The van der Waals surface area contributed by atoms with Crippen LogP contribution in [0.15, 0.2) is 36.7 Å². The molecule has 0 aliphatic carbocycles. The smallest absolute Gasteiger partial charge is 0.163 e. The molecule has 0 spiro atoms. The second-order valence-corrected chi connectivity index (χ2v) is 2.79. The van der Waals surface area contributed by atoms with Gasteiger partial charge in [0.15, 0.2) is 5.82 Å². The molecule has 3 heterocycles. The molecule has 0 unspecified atom stereocenters. The van der Waals surface area contributed by atoms with Crippen LogP contribution in [0.5, 0.6) is 0 Å². The number of nitrogens with zero attached hydrogens (tertiary/aromatic N) is 3. The highest BCUT2D eigenvalue weighted by Crippen LogP contribution is 2.49. The zero-order chi connectivity index (χ0) is 8.67. The second kappa shape index (κ2) is 2.29. The Bertz CT molecular complexity index is 416. The average molecular weight is 168 g/mol. The van der Waals surface area contributed by atoms with E-state index in [4.69, 9.17) is 0 Å². The van der Waals surface area contributed by atoms with Crippen LogP contribution in [0, 0.1) is 6.07 Å². The van der Waals surface area contributed by atoms with Gasteiger partial charge in [-0.05, 0) is 24.3 Å². The van der Waals surface area contributed by atoms with Crippen molar-refractivity contribution in [2.75, 3.05) is 4.90 Å². The van der Waals surface area contributed by atoms with Crippen LogP contribution >= 0.6 is 0 Å². The molecule has 0 amide bonds. The molecule has 1 aliphatic rings. The maximum atomic E-state index is 4.20. The third kappa shape index (κ3) is 0.902. The third-order valence-electron chi connectivity index (χ3n) is 1.97. The summed E-state index contributed by atoms with van der Waals surface area (Å²) in [6.07, 6.45) is 3.53. The summed E-state index contributed by atoms with van der Waals surface area (Å²) >= 11 is 0. The SMILES string of the molecule is [c]1cccnc1N1c2cccnc21. The summed E-state index contributed by atoms with van der Waals surface area (Å²) in [4.78, 5) is 10.4. The van der Waals surface area contributed by atoms with E-state index in [1.807, 2.05) is 29.2 Å². The first kappa shape index (κ1) is 6.60. The fourth-order valence-corrected chi connectivity index (χ4v) is 1.34. The molecule has 3 heteroatoms. The summed E-state index contributed by atoms with van der Waals surface area (Å²) in [5, 5.41) is 0. The predicted octanol–water partition coefficient (Wildman–Crippen LogP) is 2.06. The summed E-state index contributed by atoms with van der Waals surface area (Å²) in [5.74, 6) is 1.80. The Kier molecular flexibility index (Phi) is 1.16. The van der Waals surface area contributed by atoms with E-state index in [0.29, 0.717) is 0 Å². The summed E-state index contributed by atoms with van der Waals surface area (Å²) in [6, 6.07) is 10.7. The average Bonchev–Trinajstić information content (AvgIpc) is 2.93. The number of anilines is 3. The lowest BCUT2D eigenvalue weighted by Gasteiger charge is -1.97. The fourth-order valence-electron chi connectivity index (χ4n) is 1.34. The van der Waals surface area contributed by atoms with Gasteiger partial charge in [0.25, 0.3) is 0 Å². The molecule has 13 heavy (non-hydrogen) atoms. The van der Waals surface area contributed by atoms with Gasteiger partial charge in [-0.1, -0.05) is 0 Å². The fraction of sp³-hybridized carbons (Fsp3) is 0. The Morgan fingerprint density at radius 2 is 2.08 bits per heavy atom. The van der Waals surface area contributed by atoms with E-state index in [1.54, 1.807) is 12.4 Å². The molecule has 0 saturated heterocycles. The number of hydrogen-bond donors (Lipinski definition) is 0. The van der Waals surface area contributed by atoms with Crippen molar-refractivity contribution in [2.24, 2.45) is 0 Å². The number of aromatic nitrogens is 2. The monoisotopic (exact) mass is 168 g/mol. The van der Waals surface area contributed by atoms with E-state index >= 15 is 0 Å². The first-order chi connectivity index (χ1) is 6.47. The minimum atomic E-state index is 0.816.